The molecule has 16 heavy (non-hydrogen) atoms. The van der Waals surface area contributed by atoms with Crippen LogP contribution in [-0.4, -0.2) is 32.4 Å². The second kappa shape index (κ2) is 5.37. The summed E-state index contributed by atoms with van der Waals surface area (Å²) in [6, 6.07) is 3.03. The van der Waals surface area contributed by atoms with Gasteiger partial charge in [-0.05, 0) is 12.1 Å². The number of benzene rings is 1. The average molecular weight is 226 g/mol. The maximum absolute atomic E-state index is 11.0. The van der Waals surface area contributed by atoms with Crippen molar-refractivity contribution in [3.63, 3.8) is 0 Å². The Morgan fingerprint density at radius 3 is 2.38 bits per heavy atom. The van der Waals surface area contributed by atoms with Gasteiger partial charge < -0.3 is 19.3 Å². The van der Waals surface area contributed by atoms with Crippen LogP contribution in [-0.2, 0) is 11.3 Å². The van der Waals surface area contributed by atoms with Crippen LogP contribution in [0.2, 0.25) is 0 Å². The van der Waals surface area contributed by atoms with Crippen molar-refractivity contribution in [1.29, 1.82) is 0 Å². The molecule has 5 nitrogen and oxygen atoms in total. The number of hydrogen-bond donors (Lipinski definition) is 1. The quantitative estimate of drug-likeness (QED) is 0.825. The van der Waals surface area contributed by atoms with Gasteiger partial charge in [-0.3, -0.25) is 0 Å². The number of ether oxygens (including phenoxy) is 3. The molecule has 0 unspecified atom stereocenters. The van der Waals surface area contributed by atoms with Crippen LogP contribution in [0.3, 0.4) is 0 Å². The van der Waals surface area contributed by atoms with E-state index in [4.69, 9.17) is 19.3 Å². The van der Waals surface area contributed by atoms with E-state index in [1.54, 1.807) is 6.07 Å². The van der Waals surface area contributed by atoms with Gasteiger partial charge in [0.25, 0.3) is 0 Å². The van der Waals surface area contributed by atoms with Crippen LogP contribution in [0.25, 0.3) is 0 Å². The van der Waals surface area contributed by atoms with Gasteiger partial charge in [-0.25, -0.2) is 4.79 Å². The normalized spacial score (nSPS) is 9.94. The summed E-state index contributed by atoms with van der Waals surface area (Å²) in [6.07, 6.45) is 0. The summed E-state index contributed by atoms with van der Waals surface area (Å²) >= 11 is 0. The minimum absolute atomic E-state index is 0.0929. The summed E-state index contributed by atoms with van der Waals surface area (Å²) < 4.78 is 15.2. The summed E-state index contributed by atoms with van der Waals surface area (Å²) in [5, 5.41) is 8.99. The number of aromatic carboxylic acids is 1. The monoisotopic (exact) mass is 226 g/mol. The van der Waals surface area contributed by atoms with E-state index in [-0.39, 0.29) is 17.9 Å². The Bertz CT molecular complexity index is 386. The molecule has 0 heterocycles. The molecule has 0 atom stereocenters. The summed E-state index contributed by atoms with van der Waals surface area (Å²) in [4.78, 5) is 11.0. The molecule has 0 saturated heterocycles. The van der Waals surface area contributed by atoms with Crippen molar-refractivity contribution in [2.75, 3.05) is 21.3 Å². The molecule has 0 aromatic heterocycles. The van der Waals surface area contributed by atoms with E-state index in [1.165, 1.54) is 27.4 Å². The number of carbonyl (C=O) groups is 1. The lowest BCUT2D eigenvalue weighted by Gasteiger charge is -2.14. The molecule has 1 aromatic rings. The highest BCUT2D eigenvalue weighted by atomic mass is 16.5. The zero-order valence-electron chi connectivity index (χ0n) is 9.44. The van der Waals surface area contributed by atoms with E-state index in [9.17, 15) is 4.79 Å². The fraction of sp³-hybridized carbons (Fsp3) is 0.364. The van der Waals surface area contributed by atoms with Crippen molar-refractivity contribution >= 4 is 5.97 Å². The SMILES string of the molecule is COCc1c(OC)ccc(C(=O)O)c1OC. The molecular weight excluding hydrogens is 212 g/mol. The van der Waals surface area contributed by atoms with Crippen molar-refractivity contribution in [3.8, 4) is 11.5 Å². The molecule has 0 spiro atoms. The molecule has 88 valence electrons. The highest BCUT2D eigenvalue weighted by Crippen LogP contribution is 2.32. The van der Waals surface area contributed by atoms with Gasteiger partial charge in [-0.1, -0.05) is 0 Å². The predicted octanol–water partition coefficient (Wildman–Crippen LogP) is 1.55. The Balaban J connectivity index is 3.36. The van der Waals surface area contributed by atoms with Crippen LogP contribution in [0.5, 0.6) is 11.5 Å². The molecule has 0 aliphatic rings. The molecule has 1 aromatic carbocycles. The number of hydrogen-bond acceptors (Lipinski definition) is 4. The van der Waals surface area contributed by atoms with E-state index in [2.05, 4.69) is 0 Å². The molecule has 1 rings (SSSR count). The Kier molecular flexibility index (Phi) is 4.13. The van der Waals surface area contributed by atoms with Crippen LogP contribution in [0.4, 0.5) is 0 Å². The van der Waals surface area contributed by atoms with Gasteiger partial charge in [0.1, 0.15) is 17.1 Å². The lowest BCUT2D eigenvalue weighted by atomic mass is 10.1. The van der Waals surface area contributed by atoms with E-state index < -0.39 is 5.97 Å². The molecule has 0 radical (unpaired) electrons. The number of methoxy groups -OCH3 is 3. The Hall–Kier alpha value is -1.75. The molecule has 0 bridgehead atoms. The standard InChI is InChI=1S/C11H14O5/c1-14-6-8-9(15-2)5-4-7(11(12)13)10(8)16-3/h4-5H,6H2,1-3H3,(H,12,13). The summed E-state index contributed by atoms with van der Waals surface area (Å²) in [5.41, 5.74) is 0.683. The fourth-order valence-electron chi connectivity index (χ4n) is 1.48. The number of carboxylic acids is 1. The van der Waals surface area contributed by atoms with Crippen molar-refractivity contribution < 1.29 is 24.1 Å². The van der Waals surface area contributed by atoms with Crippen molar-refractivity contribution in [3.05, 3.63) is 23.3 Å². The molecule has 0 fully saturated rings. The molecule has 1 N–H and O–H groups in total. The maximum Gasteiger partial charge on any atom is 0.339 e. The third kappa shape index (κ3) is 2.25. The zero-order valence-corrected chi connectivity index (χ0v) is 9.44. The van der Waals surface area contributed by atoms with Gasteiger partial charge in [0, 0.05) is 7.11 Å². The molecule has 0 aliphatic heterocycles. The largest absolute Gasteiger partial charge is 0.496 e. The van der Waals surface area contributed by atoms with E-state index in [1.807, 2.05) is 0 Å². The number of rotatable bonds is 5. The highest BCUT2D eigenvalue weighted by molar-refractivity contribution is 5.92. The van der Waals surface area contributed by atoms with E-state index in [0.29, 0.717) is 11.3 Å². The first-order valence-electron chi connectivity index (χ1n) is 4.61. The Morgan fingerprint density at radius 2 is 1.94 bits per heavy atom. The molecule has 0 amide bonds. The number of carboxylic acid groups (broad SMARTS) is 1. The van der Waals surface area contributed by atoms with Gasteiger partial charge in [0.2, 0.25) is 0 Å². The van der Waals surface area contributed by atoms with Gasteiger partial charge >= 0.3 is 5.97 Å². The van der Waals surface area contributed by atoms with E-state index >= 15 is 0 Å². The molecule has 5 heteroatoms. The predicted molar refractivity (Wildman–Crippen MR) is 57.2 cm³/mol. The molecular formula is C11H14O5. The smallest absolute Gasteiger partial charge is 0.339 e. The average Bonchev–Trinajstić information content (AvgIpc) is 2.28. The summed E-state index contributed by atoms with van der Waals surface area (Å²) in [5.74, 6) is -0.228. The first-order chi connectivity index (χ1) is 7.65. The summed E-state index contributed by atoms with van der Waals surface area (Å²) in [7, 11) is 4.45. The van der Waals surface area contributed by atoms with Gasteiger partial charge in [-0.15, -0.1) is 0 Å². The lowest BCUT2D eigenvalue weighted by molar-refractivity contribution is 0.0692. The van der Waals surface area contributed by atoms with Gasteiger partial charge in [-0.2, -0.15) is 0 Å². The first kappa shape index (κ1) is 12.3. The van der Waals surface area contributed by atoms with Crippen molar-refractivity contribution in [2.45, 2.75) is 6.61 Å². The van der Waals surface area contributed by atoms with Crippen LogP contribution < -0.4 is 9.47 Å². The third-order valence-electron chi connectivity index (χ3n) is 2.16. The molecule has 0 aliphatic carbocycles. The fourth-order valence-corrected chi connectivity index (χ4v) is 1.48. The third-order valence-corrected chi connectivity index (χ3v) is 2.16. The maximum atomic E-state index is 11.0. The van der Waals surface area contributed by atoms with E-state index in [0.717, 1.165) is 0 Å². The highest BCUT2D eigenvalue weighted by Gasteiger charge is 2.18. The summed E-state index contributed by atoms with van der Waals surface area (Å²) in [6.45, 7) is 0.230. The van der Waals surface area contributed by atoms with Crippen LogP contribution >= 0.6 is 0 Å². The first-order valence-corrected chi connectivity index (χ1v) is 4.61. The second-order valence-corrected chi connectivity index (χ2v) is 3.07. The minimum Gasteiger partial charge on any atom is -0.496 e. The minimum atomic E-state index is -1.04. The van der Waals surface area contributed by atoms with Crippen molar-refractivity contribution in [2.24, 2.45) is 0 Å². The molecule has 0 saturated carbocycles. The Morgan fingerprint density at radius 1 is 1.25 bits per heavy atom. The lowest BCUT2D eigenvalue weighted by Crippen LogP contribution is -2.05. The van der Waals surface area contributed by atoms with Crippen LogP contribution in [0.1, 0.15) is 15.9 Å². The topological polar surface area (TPSA) is 65.0 Å². The van der Waals surface area contributed by atoms with Gasteiger partial charge in [0.05, 0.1) is 26.4 Å². The second-order valence-electron chi connectivity index (χ2n) is 3.07. The van der Waals surface area contributed by atoms with Crippen LogP contribution in [0.15, 0.2) is 12.1 Å². The zero-order chi connectivity index (χ0) is 12.1. The van der Waals surface area contributed by atoms with Crippen LogP contribution in [0, 0.1) is 0 Å². The Labute approximate surface area is 93.6 Å². The van der Waals surface area contributed by atoms with Crippen molar-refractivity contribution in [1.82, 2.24) is 0 Å². The van der Waals surface area contributed by atoms with Gasteiger partial charge in [0.15, 0.2) is 0 Å².